The molecule has 6 nitrogen and oxygen atoms in total. The molecule has 0 unspecified atom stereocenters. The van der Waals surface area contributed by atoms with E-state index in [0.29, 0.717) is 19.3 Å². The summed E-state index contributed by atoms with van der Waals surface area (Å²) < 4.78 is 16.7. The van der Waals surface area contributed by atoms with E-state index in [1.54, 1.807) is 0 Å². The van der Waals surface area contributed by atoms with Gasteiger partial charge in [0.2, 0.25) is 0 Å². The summed E-state index contributed by atoms with van der Waals surface area (Å²) in [6.45, 7) is 6.54. The van der Waals surface area contributed by atoms with Crippen molar-refractivity contribution in [1.29, 1.82) is 0 Å². The maximum atomic E-state index is 12.7. The Bertz CT molecular complexity index is 1030. The minimum absolute atomic E-state index is 0.0801. The second kappa shape index (κ2) is 47.1. The molecule has 0 aliphatic carbocycles. The van der Waals surface area contributed by atoms with E-state index in [4.69, 9.17) is 14.2 Å². The number of allylic oxidation sites excluding steroid dienone is 8. The number of carbonyl (C=O) groups is 3. The predicted octanol–water partition coefficient (Wildman–Crippen LogP) is 15.9. The van der Waals surface area contributed by atoms with Crippen LogP contribution in [0.2, 0.25) is 0 Å². The highest BCUT2D eigenvalue weighted by Crippen LogP contribution is 2.14. The Morgan fingerprint density at radius 3 is 1.03 bits per heavy atom. The first-order chi connectivity index (χ1) is 28.5. The zero-order valence-electron chi connectivity index (χ0n) is 38.3. The molecule has 336 valence electrons. The highest BCUT2D eigenvalue weighted by atomic mass is 16.6. The summed E-state index contributed by atoms with van der Waals surface area (Å²) in [6, 6.07) is 0. The van der Waals surface area contributed by atoms with Crippen molar-refractivity contribution in [1.82, 2.24) is 0 Å². The van der Waals surface area contributed by atoms with E-state index in [-0.39, 0.29) is 31.1 Å². The first-order valence-corrected chi connectivity index (χ1v) is 24.6. The number of unbranched alkanes of at least 4 members (excludes halogenated alkanes) is 25. The fraction of sp³-hybridized carbons (Fsp3) is 0.788. The van der Waals surface area contributed by atoms with Crippen LogP contribution in [0.1, 0.15) is 245 Å². The molecule has 58 heavy (non-hydrogen) atoms. The Kier molecular flexibility index (Phi) is 44.9. The highest BCUT2D eigenvalue weighted by molar-refractivity contribution is 5.71. The molecule has 0 aliphatic rings. The van der Waals surface area contributed by atoms with Gasteiger partial charge in [0.1, 0.15) is 13.2 Å². The van der Waals surface area contributed by atoms with Crippen molar-refractivity contribution in [2.75, 3.05) is 13.2 Å². The van der Waals surface area contributed by atoms with E-state index < -0.39 is 6.10 Å². The summed E-state index contributed by atoms with van der Waals surface area (Å²) in [6.07, 6.45) is 55.2. The Labute approximate surface area is 358 Å². The summed E-state index contributed by atoms with van der Waals surface area (Å²) in [5, 5.41) is 0. The molecule has 0 saturated heterocycles. The van der Waals surface area contributed by atoms with Crippen molar-refractivity contribution in [2.45, 2.75) is 252 Å². The Hall–Kier alpha value is -2.63. The zero-order chi connectivity index (χ0) is 42.3. The number of carbonyl (C=O) groups excluding carboxylic acids is 3. The maximum Gasteiger partial charge on any atom is 0.306 e. The SMILES string of the molecule is CCCC/C=C\C/C=C\CCCCCCCC(=O)O[C@@H](COC(=O)CCCCCCCCC/C=C\C/C=C\CCCCC)COC(=O)CCCCCCCCCCC. The lowest BCUT2D eigenvalue weighted by Crippen LogP contribution is -2.30. The number of esters is 3. The molecule has 0 amide bonds. The van der Waals surface area contributed by atoms with Crippen LogP contribution in [-0.2, 0) is 28.6 Å². The fourth-order valence-electron chi connectivity index (χ4n) is 6.78. The maximum absolute atomic E-state index is 12.7. The van der Waals surface area contributed by atoms with Crippen LogP contribution < -0.4 is 0 Å². The van der Waals surface area contributed by atoms with Crippen molar-refractivity contribution >= 4 is 17.9 Å². The molecule has 0 heterocycles. The van der Waals surface area contributed by atoms with Crippen molar-refractivity contribution < 1.29 is 28.6 Å². The molecule has 0 aromatic rings. The molecule has 6 heteroatoms. The van der Waals surface area contributed by atoms with E-state index in [1.165, 1.54) is 109 Å². The summed E-state index contributed by atoms with van der Waals surface area (Å²) in [7, 11) is 0. The number of ether oxygens (including phenoxy) is 3. The standard InChI is InChI=1S/C52H92O6/c1-4-7-10-13-16-19-21-23-25-26-27-29-30-33-36-39-42-45-51(54)57-48-49(47-56-50(53)44-41-38-35-32-18-15-12-9-6-3)58-52(55)46-43-40-37-34-31-28-24-22-20-17-14-11-8-5-2/h14,16-17,19,22-25,49H,4-13,15,18,20-21,26-48H2,1-3H3/b17-14-,19-16-,24-22-,25-23-/t49-/m1/s1. The third kappa shape index (κ3) is 44.5. The minimum atomic E-state index is -0.779. The summed E-state index contributed by atoms with van der Waals surface area (Å²) in [4.78, 5) is 37.8. The number of hydrogen-bond acceptors (Lipinski definition) is 6. The van der Waals surface area contributed by atoms with E-state index in [0.717, 1.165) is 96.3 Å². The van der Waals surface area contributed by atoms with Crippen LogP contribution >= 0.6 is 0 Å². The van der Waals surface area contributed by atoms with Gasteiger partial charge >= 0.3 is 17.9 Å². The van der Waals surface area contributed by atoms with Crippen molar-refractivity contribution in [3.8, 4) is 0 Å². The molecule has 0 bridgehead atoms. The summed E-state index contributed by atoms with van der Waals surface area (Å²) >= 11 is 0. The molecule has 0 N–H and O–H groups in total. The van der Waals surface area contributed by atoms with Crippen LogP contribution in [0.5, 0.6) is 0 Å². The first kappa shape index (κ1) is 55.4. The van der Waals surface area contributed by atoms with Gasteiger partial charge in [0, 0.05) is 19.3 Å². The van der Waals surface area contributed by atoms with Gasteiger partial charge in [-0.3, -0.25) is 14.4 Å². The molecular formula is C52H92O6. The van der Waals surface area contributed by atoms with Gasteiger partial charge in [0.25, 0.3) is 0 Å². The van der Waals surface area contributed by atoms with Gasteiger partial charge in [-0.1, -0.05) is 198 Å². The first-order valence-electron chi connectivity index (χ1n) is 24.6. The van der Waals surface area contributed by atoms with E-state index >= 15 is 0 Å². The quantitative estimate of drug-likeness (QED) is 0.0264. The smallest absolute Gasteiger partial charge is 0.306 e. The average Bonchev–Trinajstić information content (AvgIpc) is 3.22. The molecule has 0 saturated carbocycles. The van der Waals surface area contributed by atoms with Crippen LogP contribution in [0.15, 0.2) is 48.6 Å². The molecule has 0 aromatic heterocycles. The van der Waals surface area contributed by atoms with Crippen LogP contribution in [-0.4, -0.2) is 37.2 Å². The largest absolute Gasteiger partial charge is 0.462 e. The fourth-order valence-corrected chi connectivity index (χ4v) is 6.78. The van der Waals surface area contributed by atoms with Crippen molar-refractivity contribution in [2.24, 2.45) is 0 Å². The third-order valence-electron chi connectivity index (χ3n) is 10.6. The topological polar surface area (TPSA) is 78.9 Å². The van der Waals surface area contributed by atoms with Crippen molar-refractivity contribution in [3.05, 3.63) is 48.6 Å². The molecule has 0 radical (unpaired) electrons. The Morgan fingerprint density at radius 2 is 0.638 bits per heavy atom. The minimum Gasteiger partial charge on any atom is -0.462 e. The van der Waals surface area contributed by atoms with Crippen molar-refractivity contribution in [3.63, 3.8) is 0 Å². The number of hydrogen-bond donors (Lipinski definition) is 0. The second-order valence-corrected chi connectivity index (χ2v) is 16.4. The second-order valence-electron chi connectivity index (χ2n) is 16.4. The molecular weight excluding hydrogens is 721 g/mol. The Balaban J connectivity index is 4.35. The van der Waals surface area contributed by atoms with Gasteiger partial charge in [0.15, 0.2) is 6.10 Å². The lowest BCUT2D eigenvalue weighted by molar-refractivity contribution is -0.167. The summed E-state index contributed by atoms with van der Waals surface area (Å²) in [5.74, 6) is -0.902. The van der Waals surface area contributed by atoms with Gasteiger partial charge in [-0.15, -0.1) is 0 Å². The van der Waals surface area contributed by atoms with Gasteiger partial charge in [-0.2, -0.15) is 0 Å². The predicted molar refractivity (Wildman–Crippen MR) is 247 cm³/mol. The zero-order valence-corrected chi connectivity index (χ0v) is 38.3. The van der Waals surface area contributed by atoms with E-state index in [2.05, 4.69) is 69.4 Å². The van der Waals surface area contributed by atoms with Crippen LogP contribution in [0.25, 0.3) is 0 Å². The molecule has 0 fully saturated rings. The summed E-state index contributed by atoms with van der Waals surface area (Å²) in [5.41, 5.74) is 0. The molecule has 0 aromatic carbocycles. The van der Waals surface area contributed by atoms with E-state index in [1.807, 2.05) is 0 Å². The molecule has 0 rings (SSSR count). The lowest BCUT2D eigenvalue weighted by atomic mass is 10.1. The van der Waals surface area contributed by atoms with Gasteiger partial charge in [-0.25, -0.2) is 0 Å². The van der Waals surface area contributed by atoms with Gasteiger partial charge < -0.3 is 14.2 Å². The van der Waals surface area contributed by atoms with Crippen LogP contribution in [0, 0.1) is 0 Å². The molecule has 0 spiro atoms. The average molecular weight is 813 g/mol. The molecule has 0 aliphatic heterocycles. The van der Waals surface area contributed by atoms with E-state index in [9.17, 15) is 14.4 Å². The normalized spacial score (nSPS) is 12.4. The monoisotopic (exact) mass is 813 g/mol. The molecule has 1 atom stereocenters. The van der Waals surface area contributed by atoms with Crippen LogP contribution in [0.4, 0.5) is 0 Å². The highest BCUT2D eigenvalue weighted by Gasteiger charge is 2.19. The third-order valence-corrected chi connectivity index (χ3v) is 10.6. The Morgan fingerprint density at radius 1 is 0.345 bits per heavy atom. The van der Waals surface area contributed by atoms with Gasteiger partial charge in [0.05, 0.1) is 0 Å². The lowest BCUT2D eigenvalue weighted by Gasteiger charge is -2.18. The van der Waals surface area contributed by atoms with Gasteiger partial charge in [-0.05, 0) is 77.0 Å². The number of rotatable bonds is 44. The van der Waals surface area contributed by atoms with Crippen LogP contribution in [0.3, 0.4) is 0 Å².